The highest BCUT2D eigenvalue weighted by molar-refractivity contribution is 7.99. The number of fused-ring (bicyclic) bond motifs is 2. The minimum absolute atomic E-state index is 0.0562. The van der Waals surface area contributed by atoms with Gasteiger partial charge in [0.25, 0.3) is 0 Å². The molecule has 3 heterocycles. The third-order valence-electron chi connectivity index (χ3n) is 4.13. The molecule has 1 aromatic carbocycles. The maximum Gasteiger partial charge on any atom is 0.230 e. The lowest BCUT2D eigenvalue weighted by Gasteiger charge is -2.03. The molecule has 0 bridgehead atoms. The number of amides is 1. The molecule has 0 unspecified atom stereocenters. The van der Waals surface area contributed by atoms with E-state index in [0.717, 1.165) is 34.0 Å². The van der Waals surface area contributed by atoms with E-state index in [9.17, 15) is 4.79 Å². The van der Waals surface area contributed by atoms with E-state index < -0.39 is 0 Å². The number of thiazole rings is 1. The molecule has 0 atom stereocenters. The summed E-state index contributed by atoms with van der Waals surface area (Å²) in [6, 6.07) is 12.2. The topological polar surface area (TPSA) is 59.3 Å². The first kappa shape index (κ1) is 18.0. The molecule has 1 N–H and O–H groups in total. The molecule has 4 rings (SSSR count). The monoisotopic (exact) mass is 396 g/mol. The highest BCUT2D eigenvalue weighted by Gasteiger charge is 2.07. The highest BCUT2D eigenvalue weighted by atomic mass is 32.2. The molecular formula is C20H20N4OS2. The molecule has 0 saturated carbocycles. The predicted molar refractivity (Wildman–Crippen MR) is 112 cm³/mol. The lowest BCUT2D eigenvalue weighted by molar-refractivity contribution is -0.118. The van der Waals surface area contributed by atoms with Gasteiger partial charge in [-0.05, 0) is 30.7 Å². The van der Waals surface area contributed by atoms with Crippen LogP contribution in [0.15, 0.2) is 48.8 Å². The first-order valence-corrected chi connectivity index (χ1v) is 10.8. The van der Waals surface area contributed by atoms with Crippen LogP contribution in [-0.4, -0.2) is 32.6 Å². The van der Waals surface area contributed by atoms with E-state index in [1.54, 1.807) is 23.1 Å². The summed E-state index contributed by atoms with van der Waals surface area (Å²) in [5.74, 6) is 1.22. The van der Waals surface area contributed by atoms with Gasteiger partial charge in [-0.1, -0.05) is 18.2 Å². The first-order valence-electron chi connectivity index (χ1n) is 8.80. The molecule has 0 saturated heterocycles. The molecule has 4 aromatic rings. The number of imidazole rings is 1. The van der Waals surface area contributed by atoms with Crippen LogP contribution in [0.1, 0.15) is 16.3 Å². The highest BCUT2D eigenvalue weighted by Crippen LogP contribution is 2.21. The van der Waals surface area contributed by atoms with Gasteiger partial charge in [0.1, 0.15) is 5.65 Å². The number of carbonyl (C=O) groups excluding carboxylic acids is 1. The Morgan fingerprint density at radius 1 is 1.19 bits per heavy atom. The van der Waals surface area contributed by atoms with Crippen molar-refractivity contribution in [2.75, 3.05) is 12.3 Å². The minimum atomic E-state index is 0.0562. The number of nitrogens with zero attached hydrogens (tertiary/aromatic N) is 3. The van der Waals surface area contributed by atoms with Crippen LogP contribution in [0.5, 0.6) is 0 Å². The number of aromatic nitrogens is 3. The van der Waals surface area contributed by atoms with Crippen LogP contribution in [0, 0.1) is 6.92 Å². The fourth-order valence-corrected chi connectivity index (χ4v) is 4.56. The fourth-order valence-electron chi connectivity index (χ4n) is 2.86. The summed E-state index contributed by atoms with van der Waals surface area (Å²) in [7, 11) is 0. The van der Waals surface area contributed by atoms with Gasteiger partial charge in [-0.2, -0.15) is 0 Å². The zero-order chi connectivity index (χ0) is 18.6. The van der Waals surface area contributed by atoms with Crippen molar-refractivity contribution in [2.24, 2.45) is 0 Å². The van der Waals surface area contributed by atoms with Crippen molar-refractivity contribution < 1.29 is 4.79 Å². The van der Waals surface area contributed by atoms with Gasteiger partial charge in [0, 0.05) is 31.1 Å². The van der Waals surface area contributed by atoms with Gasteiger partial charge in [0.15, 0.2) is 0 Å². The van der Waals surface area contributed by atoms with Crippen LogP contribution in [0.25, 0.3) is 15.9 Å². The van der Waals surface area contributed by atoms with Crippen molar-refractivity contribution >= 4 is 44.9 Å². The Labute approximate surface area is 165 Å². The lowest BCUT2D eigenvalue weighted by atomic mass is 10.3. The van der Waals surface area contributed by atoms with Gasteiger partial charge in [0.2, 0.25) is 5.91 Å². The average molecular weight is 397 g/mol. The van der Waals surface area contributed by atoms with Crippen molar-refractivity contribution in [3.63, 3.8) is 0 Å². The first-order chi connectivity index (χ1) is 13.2. The van der Waals surface area contributed by atoms with Crippen molar-refractivity contribution in [1.29, 1.82) is 0 Å². The summed E-state index contributed by atoms with van der Waals surface area (Å²) in [5, 5.41) is 4.04. The second kappa shape index (κ2) is 8.10. The van der Waals surface area contributed by atoms with Gasteiger partial charge >= 0.3 is 0 Å². The molecule has 0 radical (unpaired) electrons. The summed E-state index contributed by atoms with van der Waals surface area (Å²) in [4.78, 5) is 21.2. The average Bonchev–Trinajstić information content (AvgIpc) is 3.24. The van der Waals surface area contributed by atoms with Crippen LogP contribution in [0.2, 0.25) is 0 Å². The summed E-state index contributed by atoms with van der Waals surface area (Å²) in [6.45, 7) is 2.68. The van der Waals surface area contributed by atoms with Gasteiger partial charge in [0.05, 0.1) is 26.7 Å². The molecular weight excluding hydrogens is 376 g/mol. The van der Waals surface area contributed by atoms with Crippen LogP contribution in [0.3, 0.4) is 0 Å². The van der Waals surface area contributed by atoms with Crippen molar-refractivity contribution in [1.82, 2.24) is 19.7 Å². The zero-order valence-corrected chi connectivity index (χ0v) is 16.6. The van der Waals surface area contributed by atoms with E-state index in [1.807, 2.05) is 34.9 Å². The summed E-state index contributed by atoms with van der Waals surface area (Å²) >= 11 is 3.27. The molecule has 138 valence electrons. The quantitative estimate of drug-likeness (QED) is 0.516. The number of nitrogens with one attached hydrogen (secondary N) is 1. The summed E-state index contributed by atoms with van der Waals surface area (Å²) in [6.07, 6.45) is 4.85. The van der Waals surface area contributed by atoms with Crippen LogP contribution < -0.4 is 5.32 Å². The van der Waals surface area contributed by atoms with E-state index >= 15 is 0 Å². The maximum absolute atomic E-state index is 12.0. The molecule has 0 aliphatic rings. The number of thioether (sulfide) groups is 1. The van der Waals surface area contributed by atoms with E-state index in [4.69, 9.17) is 0 Å². The molecule has 0 fully saturated rings. The Bertz CT molecular complexity index is 1050. The van der Waals surface area contributed by atoms with E-state index in [2.05, 4.69) is 40.5 Å². The molecule has 0 aliphatic heterocycles. The number of pyridine rings is 1. The minimum Gasteiger partial charge on any atom is -0.355 e. The Morgan fingerprint density at radius 3 is 2.96 bits per heavy atom. The predicted octanol–water partition coefficient (Wildman–Crippen LogP) is 3.84. The zero-order valence-electron chi connectivity index (χ0n) is 15.0. The molecule has 0 aliphatic carbocycles. The van der Waals surface area contributed by atoms with E-state index in [0.29, 0.717) is 12.3 Å². The number of rotatable bonds is 7. The number of hydrogen-bond donors (Lipinski definition) is 1. The third kappa shape index (κ3) is 4.48. The number of hydrogen-bond acceptors (Lipinski definition) is 5. The Morgan fingerprint density at radius 2 is 2.07 bits per heavy atom. The van der Waals surface area contributed by atoms with E-state index in [1.165, 1.54) is 10.3 Å². The maximum atomic E-state index is 12.0. The summed E-state index contributed by atoms with van der Waals surface area (Å²) < 4.78 is 3.22. The molecule has 27 heavy (non-hydrogen) atoms. The van der Waals surface area contributed by atoms with Crippen molar-refractivity contribution in [3.8, 4) is 0 Å². The molecule has 0 spiro atoms. The molecule has 5 nitrogen and oxygen atoms in total. The second-order valence-corrected chi connectivity index (χ2v) is 8.47. The Kier molecular flexibility index (Phi) is 5.40. The van der Waals surface area contributed by atoms with Gasteiger partial charge < -0.3 is 9.72 Å². The lowest BCUT2D eigenvalue weighted by Crippen LogP contribution is -2.27. The summed E-state index contributed by atoms with van der Waals surface area (Å²) in [5.41, 5.74) is 4.16. The van der Waals surface area contributed by atoms with Gasteiger partial charge in [-0.25, -0.2) is 9.97 Å². The van der Waals surface area contributed by atoms with Crippen molar-refractivity contribution in [2.45, 2.75) is 19.1 Å². The Hall–Kier alpha value is -2.38. The molecule has 3 aromatic heterocycles. The third-order valence-corrected chi connectivity index (χ3v) is 6.19. The number of para-hydroxylation sites is 1. The van der Waals surface area contributed by atoms with Crippen LogP contribution in [-0.2, 0) is 17.0 Å². The smallest absolute Gasteiger partial charge is 0.230 e. The van der Waals surface area contributed by atoms with Gasteiger partial charge in [-0.15, -0.1) is 23.1 Å². The fraction of sp³-hybridized carbons (Fsp3) is 0.250. The SMILES string of the molecule is Cc1ccc2nc(CSCC(=O)NCCc3nc4ccccc4s3)cn2c1. The van der Waals surface area contributed by atoms with Crippen LogP contribution >= 0.6 is 23.1 Å². The number of carbonyl (C=O) groups is 1. The van der Waals surface area contributed by atoms with Crippen molar-refractivity contribution in [3.05, 3.63) is 65.1 Å². The second-order valence-electron chi connectivity index (χ2n) is 6.37. The molecule has 1 amide bonds. The normalized spacial score (nSPS) is 11.3. The van der Waals surface area contributed by atoms with Crippen LogP contribution in [0.4, 0.5) is 0 Å². The Balaban J connectivity index is 1.21. The number of aryl methyl sites for hydroxylation is 1. The standard InChI is InChI=1S/C20H20N4OS2/c1-14-6-7-18-22-15(11-24(18)10-14)12-26-13-19(25)21-9-8-20-23-16-4-2-3-5-17(16)27-20/h2-7,10-11H,8-9,12-13H2,1H3,(H,21,25). The van der Waals surface area contributed by atoms with E-state index in [-0.39, 0.29) is 5.91 Å². The molecule has 7 heteroatoms. The van der Waals surface area contributed by atoms with Gasteiger partial charge in [-0.3, -0.25) is 4.79 Å². The largest absolute Gasteiger partial charge is 0.355 e. The number of benzene rings is 1.